The van der Waals surface area contributed by atoms with Crippen LogP contribution in [0.15, 0.2) is 0 Å². The van der Waals surface area contributed by atoms with Crippen LogP contribution in [0.2, 0.25) is 0 Å². The molecule has 1 aliphatic heterocycles. The topological polar surface area (TPSA) is 84.9 Å². The summed E-state index contributed by atoms with van der Waals surface area (Å²) in [6.07, 6.45) is 1.31. The fourth-order valence-corrected chi connectivity index (χ4v) is 2.87. The Morgan fingerprint density at radius 1 is 1.21 bits per heavy atom. The Hall–Kier alpha value is -1.79. The number of methoxy groups -OCH3 is 1. The number of hydrogen-bond acceptors (Lipinski definition) is 5. The van der Waals surface area contributed by atoms with E-state index in [0.717, 1.165) is 12.8 Å². The lowest BCUT2D eigenvalue weighted by Gasteiger charge is -2.35. The van der Waals surface area contributed by atoms with Crippen LogP contribution in [0.5, 0.6) is 0 Å². The molecule has 0 unspecified atom stereocenters. The van der Waals surface area contributed by atoms with Gasteiger partial charge in [0.2, 0.25) is 5.91 Å². The second kappa shape index (κ2) is 9.49. The van der Waals surface area contributed by atoms with Gasteiger partial charge in [0.25, 0.3) is 0 Å². The van der Waals surface area contributed by atoms with Gasteiger partial charge in [0.05, 0.1) is 19.6 Å². The Kier molecular flexibility index (Phi) is 8.01. The van der Waals surface area contributed by atoms with Gasteiger partial charge >= 0.3 is 12.1 Å². The fraction of sp³-hybridized carbons (Fsp3) is 0.824. The molecule has 2 atom stereocenters. The zero-order valence-corrected chi connectivity index (χ0v) is 15.3. The largest absolute Gasteiger partial charge is 0.463 e. The molecule has 0 aromatic rings. The second-order valence-electron chi connectivity index (χ2n) is 6.89. The molecule has 0 saturated carbocycles. The van der Waals surface area contributed by atoms with Crippen molar-refractivity contribution < 1.29 is 23.9 Å². The highest BCUT2D eigenvalue weighted by atomic mass is 16.5. The van der Waals surface area contributed by atoms with Crippen molar-refractivity contribution in [3.05, 3.63) is 0 Å². The van der Waals surface area contributed by atoms with Crippen molar-refractivity contribution in [1.82, 2.24) is 10.2 Å². The van der Waals surface area contributed by atoms with Crippen LogP contribution >= 0.6 is 0 Å². The van der Waals surface area contributed by atoms with Crippen LogP contribution in [-0.2, 0) is 19.1 Å². The van der Waals surface area contributed by atoms with E-state index in [9.17, 15) is 14.4 Å². The highest BCUT2D eigenvalue weighted by molar-refractivity contribution is 5.86. The van der Waals surface area contributed by atoms with E-state index in [2.05, 4.69) is 10.1 Å². The lowest BCUT2D eigenvalue weighted by molar-refractivity contribution is -0.150. The monoisotopic (exact) mass is 342 g/mol. The molecule has 0 radical (unpaired) electrons. The summed E-state index contributed by atoms with van der Waals surface area (Å²) in [6.45, 7) is 8.54. The number of ether oxygens (including phenoxy) is 2. The summed E-state index contributed by atoms with van der Waals surface area (Å²) in [5.74, 6) is -0.308. The summed E-state index contributed by atoms with van der Waals surface area (Å²) in [6, 6.07) is -0.626. The maximum Gasteiger partial charge on any atom is 0.407 e. The number of likely N-dealkylation sites (tertiary alicyclic amines) is 1. The number of hydrogen-bond donors (Lipinski definition) is 1. The minimum atomic E-state index is -0.626. The van der Waals surface area contributed by atoms with Crippen molar-refractivity contribution >= 4 is 18.0 Å². The van der Waals surface area contributed by atoms with Gasteiger partial charge in [-0.15, -0.1) is 0 Å². The number of amides is 2. The van der Waals surface area contributed by atoms with Crippen LogP contribution < -0.4 is 5.32 Å². The Morgan fingerprint density at radius 3 is 2.42 bits per heavy atom. The van der Waals surface area contributed by atoms with Crippen LogP contribution in [0.4, 0.5) is 4.79 Å². The highest BCUT2D eigenvalue weighted by Gasteiger charge is 2.32. The molecule has 0 aromatic carbocycles. The molecule has 138 valence electrons. The van der Waals surface area contributed by atoms with Crippen molar-refractivity contribution in [1.29, 1.82) is 0 Å². The summed E-state index contributed by atoms with van der Waals surface area (Å²) < 4.78 is 9.78. The summed E-state index contributed by atoms with van der Waals surface area (Å²) >= 11 is 0. The van der Waals surface area contributed by atoms with Gasteiger partial charge in [-0.25, -0.2) is 4.79 Å². The molecular weight excluding hydrogens is 312 g/mol. The molecule has 1 fully saturated rings. The number of rotatable bonds is 6. The Bertz CT molecular complexity index is 450. The van der Waals surface area contributed by atoms with Gasteiger partial charge in [-0.2, -0.15) is 0 Å². The van der Waals surface area contributed by atoms with Crippen molar-refractivity contribution in [2.45, 2.75) is 59.1 Å². The molecule has 2 amide bonds. The summed E-state index contributed by atoms with van der Waals surface area (Å²) in [7, 11) is 1.27. The quantitative estimate of drug-likeness (QED) is 0.746. The van der Waals surface area contributed by atoms with E-state index in [1.807, 2.05) is 27.7 Å². The first kappa shape index (κ1) is 20.3. The third-order valence-corrected chi connectivity index (χ3v) is 4.04. The van der Waals surface area contributed by atoms with Crippen molar-refractivity contribution in [2.75, 3.05) is 20.2 Å². The van der Waals surface area contributed by atoms with Gasteiger partial charge in [-0.1, -0.05) is 13.8 Å². The first-order valence-corrected chi connectivity index (χ1v) is 8.57. The normalized spacial score (nSPS) is 19.1. The number of nitrogens with one attached hydrogen (secondary N) is 1. The molecule has 7 nitrogen and oxygen atoms in total. The summed E-state index contributed by atoms with van der Waals surface area (Å²) in [5, 5.41) is 2.60. The first-order valence-electron chi connectivity index (χ1n) is 8.57. The second-order valence-corrected chi connectivity index (χ2v) is 6.89. The molecule has 1 rings (SSSR count). The van der Waals surface area contributed by atoms with Gasteiger partial charge < -0.3 is 19.7 Å². The number of carbonyl (C=O) groups excluding carboxylic acids is 3. The molecule has 1 saturated heterocycles. The molecule has 7 heteroatoms. The molecule has 1 aliphatic rings. The molecular formula is C17H30N2O5. The Labute approximate surface area is 144 Å². The fourth-order valence-electron chi connectivity index (χ4n) is 2.87. The van der Waals surface area contributed by atoms with E-state index in [-0.39, 0.29) is 29.8 Å². The average Bonchev–Trinajstić information content (AvgIpc) is 2.50. The summed E-state index contributed by atoms with van der Waals surface area (Å²) in [5.41, 5.74) is 0. The number of piperidine rings is 1. The maximum absolute atomic E-state index is 12.7. The maximum atomic E-state index is 12.7. The highest BCUT2D eigenvalue weighted by Crippen LogP contribution is 2.22. The van der Waals surface area contributed by atoms with Gasteiger partial charge in [0, 0.05) is 13.1 Å². The van der Waals surface area contributed by atoms with E-state index < -0.39 is 12.1 Å². The third-order valence-electron chi connectivity index (χ3n) is 4.04. The van der Waals surface area contributed by atoms with E-state index in [4.69, 9.17) is 4.74 Å². The van der Waals surface area contributed by atoms with Crippen LogP contribution in [-0.4, -0.2) is 55.2 Å². The van der Waals surface area contributed by atoms with E-state index in [1.165, 1.54) is 7.11 Å². The van der Waals surface area contributed by atoms with Crippen molar-refractivity contribution in [3.8, 4) is 0 Å². The molecule has 0 aromatic heterocycles. The van der Waals surface area contributed by atoms with Crippen molar-refractivity contribution in [3.63, 3.8) is 0 Å². The SMILES string of the molecule is COC(=O)N[C@H](C(=O)N1CCC[C@@H](CC(=O)OC(C)C)C1)C(C)C. The Balaban J connectivity index is 2.65. The van der Waals surface area contributed by atoms with Gasteiger partial charge in [0.1, 0.15) is 6.04 Å². The van der Waals surface area contributed by atoms with E-state index in [1.54, 1.807) is 4.90 Å². The number of carbonyl (C=O) groups is 3. The average molecular weight is 342 g/mol. The smallest absolute Gasteiger partial charge is 0.407 e. The van der Waals surface area contributed by atoms with Crippen LogP contribution in [0.25, 0.3) is 0 Å². The first-order chi connectivity index (χ1) is 11.2. The van der Waals surface area contributed by atoms with Crippen LogP contribution in [0, 0.1) is 11.8 Å². The lowest BCUT2D eigenvalue weighted by atomic mass is 9.93. The molecule has 0 aliphatic carbocycles. The number of esters is 1. The molecule has 24 heavy (non-hydrogen) atoms. The number of nitrogens with zero attached hydrogens (tertiary/aromatic N) is 1. The molecule has 0 bridgehead atoms. The lowest BCUT2D eigenvalue weighted by Crippen LogP contribution is -2.53. The standard InChI is InChI=1S/C17H30N2O5/c1-11(2)15(18-17(22)23-5)16(21)19-8-6-7-13(10-19)9-14(20)24-12(3)4/h11-13,15H,6-10H2,1-5H3,(H,18,22)/t13-,15-/m0/s1. The zero-order valence-electron chi connectivity index (χ0n) is 15.3. The van der Waals surface area contributed by atoms with Gasteiger partial charge in [-0.05, 0) is 38.5 Å². The molecule has 0 spiro atoms. The van der Waals surface area contributed by atoms with Crippen LogP contribution in [0.1, 0.15) is 47.0 Å². The predicted octanol–water partition coefficient (Wildman–Crippen LogP) is 1.95. The number of alkyl carbamates (subject to hydrolysis) is 1. The van der Waals surface area contributed by atoms with Crippen molar-refractivity contribution in [2.24, 2.45) is 11.8 Å². The van der Waals surface area contributed by atoms with E-state index in [0.29, 0.717) is 19.5 Å². The van der Waals surface area contributed by atoms with Gasteiger partial charge in [0.15, 0.2) is 0 Å². The predicted molar refractivity (Wildman–Crippen MR) is 89.3 cm³/mol. The summed E-state index contributed by atoms with van der Waals surface area (Å²) in [4.78, 5) is 37.8. The van der Waals surface area contributed by atoms with E-state index >= 15 is 0 Å². The van der Waals surface area contributed by atoms with Gasteiger partial charge in [-0.3, -0.25) is 9.59 Å². The minimum Gasteiger partial charge on any atom is -0.463 e. The third kappa shape index (κ3) is 6.37. The zero-order chi connectivity index (χ0) is 18.3. The Morgan fingerprint density at radius 2 is 1.88 bits per heavy atom. The minimum absolute atomic E-state index is 0.0529. The van der Waals surface area contributed by atoms with Crippen LogP contribution in [0.3, 0.4) is 0 Å². The molecule has 1 heterocycles. The molecule has 1 N–H and O–H groups in total.